The molecule has 4 N–H and O–H groups in total. The van der Waals surface area contributed by atoms with Crippen LogP contribution in [0.15, 0.2) is 76.6 Å². The quantitative estimate of drug-likeness (QED) is 0.229. The summed E-state index contributed by atoms with van der Waals surface area (Å²) in [6.07, 6.45) is 1.99. The van der Waals surface area contributed by atoms with Crippen LogP contribution in [0.2, 0.25) is 10.0 Å². The number of thioether (sulfide) groups is 2. The molecule has 176 valence electrons. The monoisotopic (exact) mass is 530 g/mol. The minimum absolute atomic E-state index is 0.0119. The van der Waals surface area contributed by atoms with Gasteiger partial charge in [0.05, 0.1) is 21.4 Å². The number of halogens is 2. The molecule has 0 saturated carbocycles. The van der Waals surface area contributed by atoms with Gasteiger partial charge in [0, 0.05) is 17.9 Å². The molecule has 9 heteroatoms. The molecule has 0 bridgehead atoms. The van der Waals surface area contributed by atoms with Crippen LogP contribution >= 0.6 is 46.7 Å². The fourth-order valence-corrected chi connectivity index (χ4v) is 5.47. The van der Waals surface area contributed by atoms with Gasteiger partial charge >= 0.3 is 0 Å². The molecule has 0 aliphatic carbocycles. The summed E-state index contributed by atoms with van der Waals surface area (Å²) in [5.41, 5.74) is 10.1. The lowest BCUT2D eigenvalue weighted by Gasteiger charge is -2.12. The van der Waals surface area contributed by atoms with Crippen LogP contribution in [0.1, 0.15) is 17.5 Å². The van der Waals surface area contributed by atoms with E-state index < -0.39 is 0 Å². The Balaban J connectivity index is 1.20. The molecular formula is C25H24Cl2N4OS2. The first-order valence-corrected chi connectivity index (χ1v) is 13.2. The van der Waals surface area contributed by atoms with E-state index in [2.05, 4.69) is 15.6 Å². The summed E-state index contributed by atoms with van der Waals surface area (Å²) in [4.78, 5) is 17.6. The number of nitrogens with one attached hydrogen (secondary N) is 2. The van der Waals surface area contributed by atoms with Gasteiger partial charge in [0.25, 0.3) is 0 Å². The summed E-state index contributed by atoms with van der Waals surface area (Å²) in [6, 6.07) is 21.6. The van der Waals surface area contributed by atoms with Crippen molar-refractivity contribution in [1.29, 1.82) is 0 Å². The van der Waals surface area contributed by atoms with Gasteiger partial charge in [0.1, 0.15) is 5.50 Å². The fraction of sp³-hybridized carbons (Fsp3) is 0.200. The normalized spacial score (nSPS) is 15.1. The zero-order valence-corrected chi connectivity index (χ0v) is 21.4. The van der Waals surface area contributed by atoms with Crippen LogP contribution in [-0.4, -0.2) is 22.3 Å². The summed E-state index contributed by atoms with van der Waals surface area (Å²) in [5.74, 6) is 0. The lowest BCUT2D eigenvalue weighted by atomic mass is 10.1. The number of fused-ring (bicyclic) bond motifs is 1. The molecule has 0 radical (unpaired) electrons. The number of benzene rings is 3. The summed E-state index contributed by atoms with van der Waals surface area (Å²) in [5, 5.41) is 8.27. The van der Waals surface area contributed by atoms with Crippen LogP contribution < -0.4 is 16.4 Å². The molecular weight excluding hydrogens is 507 g/mol. The molecule has 0 amide bonds. The number of hydrogen-bond donors (Lipinski definition) is 3. The Hall–Kier alpha value is -2.16. The van der Waals surface area contributed by atoms with Gasteiger partial charge in [0.15, 0.2) is 10.3 Å². The van der Waals surface area contributed by atoms with E-state index in [0.717, 1.165) is 46.6 Å². The molecule has 1 heterocycles. The average Bonchev–Trinajstić information content (AvgIpc) is 3.21. The fourth-order valence-electron chi connectivity index (χ4n) is 3.42. The van der Waals surface area contributed by atoms with E-state index in [4.69, 9.17) is 28.9 Å². The molecule has 5 nitrogen and oxygen atoms in total. The Morgan fingerprint density at radius 2 is 1.74 bits per heavy atom. The SMILES string of the molecule is NC(=Nc1ccc(CCNC2Nc3cc(Cl)c(Cl)cc3S2)cc1)SC(=O)CCc1ccccc1. The van der Waals surface area contributed by atoms with Crippen molar-refractivity contribution in [2.24, 2.45) is 10.7 Å². The Kier molecular flexibility index (Phi) is 8.80. The van der Waals surface area contributed by atoms with Gasteiger partial charge < -0.3 is 11.1 Å². The van der Waals surface area contributed by atoms with E-state index in [9.17, 15) is 4.79 Å². The lowest BCUT2D eigenvalue weighted by Crippen LogP contribution is -2.32. The predicted molar refractivity (Wildman–Crippen MR) is 147 cm³/mol. The first-order chi connectivity index (χ1) is 16.5. The highest BCUT2D eigenvalue weighted by Gasteiger charge is 2.22. The van der Waals surface area contributed by atoms with Crippen LogP contribution in [0.3, 0.4) is 0 Å². The van der Waals surface area contributed by atoms with Crippen molar-refractivity contribution in [2.45, 2.75) is 29.7 Å². The van der Waals surface area contributed by atoms with Crippen LogP contribution in [0, 0.1) is 0 Å². The molecule has 34 heavy (non-hydrogen) atoms. The summed E-state index contributed by atoms with van der Waals surface area (Å²) in [6.45, 7) is 0.802. The van der Waals surface area contributed by atoms with Crippen molar-refractivity contribution in [3.05, 3.63) is 87.9 Å². The van der Waals surface area contributed by atoms with Crippen molar-refractivity contribution in [2.75, 3.05) is 11.9 Å². The molecule has 0 fully saturated rings. The molecule has 4 rings (SSSR count). The molecule has 1 atom stereocenters. The molecule has 0 saturated heterocycles. The average molecular weight is 532 g/mol. The second-order valence-electron chi connectivity index (χ2n) is 7.68. The molecule has 3 aromatic rings. The minimum Gasteiger partial charge on any atom is -0.378 e. The second-order valence-corrected chi connectivity index (χ2v) is 10.7. The number of nitrogens with two attached hydrogens (primary N) is 1. The van der Waals surface area contributed by atoms with Crippen molar-refractivity contribution in [3.63, 3.8) is 0 Å². The first-order valence-electron chi connectivity index (χ1n) is 10.8. The number of carbonyl (C=O) groups excluding carboxylic acids is 1. The zero-order valence-electron chi connectivity index (χ0n) is 18.3. The highest BCUT2D eigenvalue weighted by molar-refractivity contribution is 8.26. The van der Waals surface area contributed by atoms with Crippen LogP contribution in [0.4, 0.5) is 11.4 Å². The third-order valence-corrected chi connectivity index (χ3v) is 7.72. The predicted octanol–water partition coefficient (Wildman–Crippen LogP) is 6.47. The number of amidine groups is 1. The van der Waals surface area contributed by atoms with Crippen LogP contribution in [0.25, 0.3) is 0 Å². The summed E-state index contributed by atoms with van der Waals surface area (Å²) >= 11 is 14.9. The molecule has 1 aliphatic rings. The molecule has 0 spiro atoms. The van der Waals surface area contributed by atoms with E-state index in [1.54, 1.807) is 11.8 Å². The van der Waals surface area contributed by atoms with E-state index in [0.29, 0.717) is 22.9 Å². The van der Waals surface area contributed by atoms with Gasteiger partial charge in [-0.25, -0.2) is 4.99 Å². The maximum absolute atomic E-state index is 12.2. The van der Waals surface area contributed by atoms with Crippen molar-refractivity contribution < 1.29 is 4.79 Å². The number of aliphatic imine (C=N–C) groups is 1. The Bertz CT molecular complexity index is 1140. The van der Waals surface area contributed by atoms with Crippen molar-refractivity contribution in [3.8, 4) is 0 Å². The zero-order chi connectivity index (χ0) is 23.9. The lowest BCUT2D eigenvalue weighted by molar-refractivity contribution is -0.110. The van der Waals surface area contributed by atoms with Gasteiger partial charge in [-0.2, -0.15) is 0 Å². The number of anilines is 1. The van der Waals surface area contributed by atoms with Gasteiger partial charge in [-0.05, 0) is 60.0 Å². The Morgan fingerprint density at radius 1 is 1.03 bits per heavy atom. The third kappa shape index (κ3) is 7.17. The molecule has 0 aromatic heterocycles. The first kappa shape index (κ1) is 24.9. The van der Waals surface area contributed by atoms with Crippen LogP contribution in [-0.2, 0) is 17.6 Å². The standard InChI is InChI=1S/C25H24Cl2N4OS2/c26-19-14-21-22(15-20(19)27)33-25(31-21)29-13-12-17-6-9-18(10-7-17)30-24(28)34-23(32)11-8-16-4-2-1-3-5-16/h1-7,9-10,14-15,25,29,31H,8,11-13H2,(H2,28,30). The maximum Gasteiger partial charge on any atom is 0.196 e. The van der Waals surface area contributed by atoms with Crippen molar-refractivity contribution in [1.82, 2.24) is 5.32 Å². The van der Waals surface area contributed by atoms with E-state index >= 15 is 0 Å². The number of nitrogens with zero attached hydrogens (tertiary/aromatic N) is 1. The second kappa shape index (κ2) is 12.0. The summed E-state index contributed by atoms with van der Waals surface area (Å²) < 4.78 is 0. The topological polar surface area (TPSA) is 79.5 Å². The van der Waals surface area contributed by atoms with Crippen LogP contribution in [0.5, 0.6) is 0 Å². The highest BCUT2D eigenvalue weighted by Crippen LogP contribution is 2.41. The maximum atomic E-state index is 12.2. The van der Waals surface area contributed by atoms with E-state index in [1.165, 1.54) is 5.56 Å². The minimum atomic E-state index is 0.0119. The van der Waals surface area contributed by atoms with E-state index in [-0.39, 0.29) is 15.8 Å². The molecule has 3 aromatic carbocycles. The highest BCUT2D eigenvalue weighted by atomic mass is 35.5. The van der Waals surface area contributed by atoms with E-state index in [1.807, 2.05) is 66.7 Å². The molecule has 1 aliphatic heterocycles. The number of aryl methyl sites for hydroxylation is 1. The summed E-state index contributed by atoms with van der Waals surface area (Å²) in [7, 11) is 0. The van der Waals surface area contributed by atoms with Crippen molar-refractivity contribution >= 4 is 68.4 Å². The smallest absolute Gasteiger partial charge is 0.196 e. The number of hydrogen-bond acceptors (Lipinski definition) is 6. The Morgan fingerprint density at radius 3 is 2.50 bits per heavy atom. The largest absolute Gasteiger partial charge is 0.378 e. The number of carbonyl (C=O) groups is 1. The molecule has 1 unspecified atom stereocenters. The third-order valence-electron chi connectivity index (χ3n) is 5.15. The Labute approximate surface area is 217 Å². The van der Waals surface area contributed by atoms with Gasteiger partial charge in [0.2, 0.25) is 0 Å². The number of rotatable bonds is 8. The van der Waals surface area contributed by atoms with Gasteiger partial charge in [-0.15, -0.1) is 0 Å². The van der Waals surface area contributed by atoms with Gasteiger partial charge in [-0.1, -0.05) is 77.4 Å². The van der Waals surface area contributed by atoms with Gasteiger partial charge in [-0.3, -0.25) is 10.1 Å².